The molecule has 4 heterocycles. The average Bonchev–Trinajstić information content (AvgIpc) is 3.46. The van der Waals surface area contributed by atoms with Crippen molar-refractivity contribution in [3.05, 3.63) is 93.5 Å². The van der Waals surface area contributed by atoms with Crippen molar-refractivity contribution in [1.82, 2.24) is 4.90 Å². The van der Waals surface area contributed by atoms with Crippen LogP contribution in [-0.4, -0.2) is 61.4 Å². The van der Waals surface area contributed by atoms with Crippen LogP contribution in [0.15, 0.2) is 71.2 Å². The van der Waals surface area contributed by atoms with Crippen LogP contribution in [0.2, 0.25) is 18.6 Å². The first-order valence-corrected chi connectivity index (χ1v) is 20.0. The normalized spacial score (nSPS) is 26.9. The number of anilines is 2. The Morgan fingerprint density at radius 3 is 2.45 bits per heavy atom. The van der Waals surface area contributed by atoms with Crippen LogP contribution in [-0.2, 0) is 44.2 Å². The van der Waals surface area contributed by atoms with Crippen LogP contribution in [0.4, 0.5) is 15.5 Å². The molecule has 8 nitrogen and oxygen atoms in total. The number of hydrogen-bond donors (Lipinski definition) is 1. The minimum Gasteiger partial charge on any atom is -0.394 e. The van der Waals surface area contributed by atoms with Crippen molar-refractivity contribution in [2.24, 2.45) is 5.92 Å². The number of benzene rings is 3. The molecule has 0 radical (unpaired) electrons. The van der Waals surface area contributed by atoms with E-state index in [1.807, 2.05) is 73.7 Å². The maximum atomic E-state index is 16.4. The number of β-lactam (4-membered cyclic amide) rings is 1. The Kier molecular flexibility index (Phi) is 8.18. The zero-order chi connectivity index (χ0) is 33.2. The van der Waals surface area contributed by atoms with Crippen molar-refractivity contribution in [3.63, 3.8) is 0 Å². The van der Waals surface area contributed by atoms with Crippen molar-refractivity contribution in [2.45, 2.75) is 75.7 Å². The van der Waals surface area contributed by atoms with Crippen molar-refractivity contribution in [3.8, 4) is 0 Å². The smallest absolute Gasteiger partial charge is 0.264 e. The van der Waals surface area contributed by atoms with E-state index < -0.39 is 31.6 Å². The van der Waals surface area contributed by atoms with Crippen LogP contribution in [0.5, 0.6) is 0 Å². The van der Waals surface area contributed by atoms with Gasteiger partial charge in [0.25, 0.3) is 5.91 Å². The van der Waals surface area contributed by atoms with Crippen LogP contribution in [0, 0.1) is 5.92 Å². The van der Waals surface area contributed by atoms with Gasteiger partial charge in [0.1, 0.15) is 0 Å². The summed E-state index contributed by atoms with van der Waals surface area (Å²) in [5.41, 5.74) is 3.14. The van der Waals surface area contributed by atoms with Crippen LogP contribution < -0.4 is 9.80 Å². The second-order valence-electron chi connectivity index (χ2n) is 13.8. The Balaban J connectivity index is 1.20. The molecule has 4 aliphatic heterocycles. The summed E-state index contributed by atoms with van der Waals surface area (Å²) in [6, 6.07) is 20.8. The number of nitrogens with zero attached hydrogens (tertiary/aromatic N) is 3. The molecule has 2 fully saturated rings. The van der Waals surface area contributed by atoms with Gasteiger partial charge in [0.05, 0.1) is 37.4 Å². The molecule has 246 valence electrons. The fourth-order valence-electron chi connectivity index (χ4n) is 8.26. The lowest BCUT2D eigenvalue weighted by Gasteiger charge is -2.37. The van der Waals surface area contributed by atoms with Gasteiger partial charge in [-0.3, -0.25) is 14.4 Å². The van der Waals surface area contributed by atoms with Gasteiger partial charge in [-0.15, -0.1) is 0 Å². The summed E-state index contributed by atoms with van der Waals surface area (Å²) in [6.07, 6.45) is 0.200. The molecule has 7 rings (SSSR count). The van der Waals surface area contributed by atoms with Gasteiger partial charge in [-0.1, -0.05) is 59.3 Å². The zero-order valence-corrected chi connectivity index (χ0v) is 29.4. The molecule has 3 aromatic rings. The number of ether oxygens (including phenoxy) is 1. The highest BCUT2D eigenvalue weighted by Gasteiger charge is 2.67. The lowest BCUT2D eigenvalue weighted by atomic mass is 9.82. The molecular weight excluding hydrogens is 681 g/mol. The van der Waals surface area contributed by atoms with E-state index in [0.717, 1.165) is 26.9 Å². The Morgan fingerprint density at radius 1 is 1.09 bits per heavy atom. The Bertz CT molecular complexity index is 1750. The maximum absolute atomic E-state index is 16.4. The van der Waals surface area contributed by atoms with Gasteiger partial charge in [-0.2, -0.15) is 0 Å². The monoisotopic (exact) mass is 719 g/mol. The molecule has 47 heavy (non-hydrogen) atoms. The summed E-state index contributed by atoms with van der Waals surface area (Å²) in [7, 11) is -3.48. The van der Waals surface area contributed by atoms with Gasteiger partial charge in [0.2, 0.25) is 20.2 Å². The largest absolute Gasteiger partial charge is 0.394 e. The lowest BCUT2D eigenvalue weighted by molar-refractivity contribution is -0.151. The summed E-state index contributed by atoms with van der Waals surface area (Å²) in [6.45, 7) is 6.31. The first-order valence-electron chi connectivity index (χ1n) is 16.3. The lowest BCUT2D eigenvalue weighted by Crippen LogP contribution is -2.48. The first kappa shape index (κ1) is 32.2. The summed E-state index contributed by atoms with van der Waals surface area (Å²) in [4.78, 5) is 45.8. The highest BCUT2D eigenvalue weighted by Crippen LogP contribution is 2.60. The summed E-state index contributed by atoms with van der Waals surface area (Å²) < 4.78 is 24.0. The number of hydrogen-bond acceptors (Lipinski definition) is 5. The zero-order valence-electron chi connectivity index (χ0n) is 26.8. The predicted molar refractivity (Wildman–Crippen MR) is 183 cm³/mol. The summed E-state index contributed by atoms with van der Waals surface area (Å²) in [5, 5.41) is 10.2. The van der Waals surface area contributed by atoms with E-state index in [4.69, 9.17) is 4.74 Å². The van der Waals surface area contributed by atoms with Crippen LogP contribution in [0.3, 0.4) is 0 Å². The third kappa shape index (κ3) is 5.35. The van der Waals surface area contributed by atoms with E-state index in [2.05, 4.69) is 15.9 Å². The molecule has 0 bridgehead atoms. The summed E-state index contributed by atoms with van der Waals surface area (Å²) >= 11 is 3.58. The van der Waals surface area contributed by atoms with Crippen LogP contribution in [0.1, 0.15) is 42.0 Å². The molecule has 2 saturated heterocycles. The van der Waals surface area contributed by atoms with Gasteiger partial charge >= 0.3 is 0 Å². The number of halogens is 2. The van der Waals surface area contributed by atoms with E-state index in [1.54, 1.807) is 27.8 Å². The topological polar surface area (TPSA) is 90.4 Å². The van der Waals surface area contributed by atoms with Crippen molar-refractivity contribution < 1.29 is 28.3 Å². The van der Waals surface area contributed by atoms with E-state index in [0.29, 0.717) is 37.2 Å². The van der Waals surface area contributed by atoms with Crippen LogP contribution >= 0.6 is 15.9 Å². The first-order chi connectivity index (χ1) is 22.4. The van der Waals surface area contributed by atoms with E-state index in [9.17, 15) is 19.5 Å². The van der Waals surface area contributed by atoms with Crippen molar-refractivity contribution in [1.29, 1.82) is 0 Å². The van der Waals surface area contributed by atoms with Gasteiger partial charge in [-0.05, 0) is 66.5 Å². The Labute approximate surface area is 283 Å². The second kappa shape index (κ2) is 11.9. The number of fused-ring (bicyclic) bond motifs is 3. The SMILES string of the molecule is C[C@@H]1[C@@H]([Si](C)(C)F)[C@H](CC(=O)N2Cc3ccccc3C[C@H]2CO)O[C@@]12C(=O)N(Cc1ccc(N3CCC3=O)cc1)c1ccc(Br)cc12. The minimum atomic E-state index is -3.48. The molecule has 1 spiro atoms. The quantitative estimate of drug-likeness (QED) is 0.188. The predicted octanol–water partition coefficient (Wildman–Crippen LogP) is 5.84. The number of amides is 3. The third-order valence-corrected chi connectivity index (χ3v) is 13.6. The second-order valence-corrected chi connectivity index (χ2v) is 18.5. The van der Waals surface area contributed by atoms with E-state index >= 15 is 4.11 Å². The molecule has 0 unspecified atom stereocenters. The fourth-order valence-corrected chi connectivity index (χ4v) is 11.1. The maximum Gasteiger partial charge on any atom is 0.264 e. The standard InChI is InChI=1S/C36H39BrFN3O5Si/c1-22-34(47(2,3)38)31(18-33(44)40-20-25-7-5-4-6-24(25)16-28(40)21-42)46-36(22)29-17-26(37)10-13-30(29)41(35(36)45)19-23-8-11-27(12-9-23)39-15-14-32(39)43/h4-13,17,22,28,31,34,42H,14-16,18-21H2,1-3H3/t22-,28+,31+,34-,36+/m1/s1. The van der Waals surface area contributed by atoms with E-state index in [-0.39, 0.29) is 43.3 Å². The molecule has 0 saturated carbocycles. The van der Waals surface area contributed by atoms with Crippen molar-refractivity contribution in [2.75, 3.05) is 23.0 Å². The molecular formula is C36H39BrFN3O5Si. The number of carbonyl (C=O) groups excluding carboxylic acids is 3. The molecule has 4 aliphatic rings. The molecule has 5 atom stereocenters. The Hall–Kier alpha value is -3.38. The fraction of sp³-hybridized carbons (Fsp3) is 0.417. The molecule has 0 aromatic heterocycles. The average molecular weight is 721 g/mol. The van der Waals surface area contributed by atoms with E-state index in [1.165, 1.54) is 0 Å². The van der Waals surface area contributed by atoms with Crippen molar-refractivity contribution >= 4 is 53.4 Å². The third-order valence-electron chi connectivity index (χ3n) is 10.6. The van der Waals surface area contributed by atoms with Gasteiger partial charge in [-0.25, -0.2) is 0 Å². The highest BCUT2D eigenvalue weighted by molar-refractivity contribution is 9.10. The number of carbonyl (C=O) groups is 3. The van der Waals surface area contributed by atoms with Crippen LogP contribution in [0.25, 0.3) is 0 Å². The molecule has 1 N–H and O–H groups in total. The molecule has 11 heteroatoms. The number of rotatable bonds is 7. The highest BCUT2D eigenvalue weighted by atomic mass is 79.9. The number of aliphatic hydroxyl groups is 1. The summed E-state index contributed by atoms with van der Waals surface area (Å²) in [5.74, 6) is -0.916. The molecule has 3 aromatic carbocycles. The van der Waals surface area contributed by atoms with Gasteiger partial charge in [0, 0.05) is 46.7 Å². The number of aliphatic hydroxyl groups excluding tert-OH is 1. The Morgan fingerprint density at radius 2 is 1.81 bits per heavy atom. The van der Waals surface area contributed by atoms with Gasteiger partial charge in [0.15, 0.2) is 5.60 Å². The molecule has 3 amide bonds. The van der Waals surface area contributed by atoms with Gasteiger partial charge < -0.3 is 28.7 Å². The molecule has 0 aliphatic carbocycles. The minimum absolute atomic E-state index is 0.0803.